The van der Waals surface area contributed by atoms with Crippen LogP contribution < -0.4 is 0 Å². The molecule has 0 saturated carbocycles. The third-order valence-corrected chi connectivity index (χ3v) is 10.9. The van der Waals surface area contributed by atoms with Crippen molar-refractivity contribution in [3.63, 3.8) is 0 Å². The van der Waals surface area contributed by atoms with Gasteiger partial charge in [-0.05, 0) is 105 Å². The van der Waals surface area contributed by atoms with Crippen molar-refractivity contribution in [1.29, 1.82) is 0 Å². The van der Waals surface area contributed by atoms with Crippen molar-refractivity contribution in [2.24, 2.45) is 0 Å². The average Bonchev–Trinajstić information content (AvgIpc) is 3.71. The van der Waals surface area contributed by atoms with Crippen LogP contribution in [0, 0.1) is 6.92 Å². The van der Waals surface area contributed by atoms with Crippen molar-refractivity contribution >= 4 is 21.8 Å². The Morgan fingerprint density at radius 1 is 0.500 bits per heavy atom. The van der Waals surface area contributed by atoms with Crippen LogP contribution in [0.3, 0.4) is 0 Å². The van der Waals surface area contributed by atoms with Crippen LogP contribution in [0.2, 0.25) is 0 Å². The topological polar surface area (TPSA) is 17.8 Å². The Balaban J connectivity index is 1.07. The van der Waals surface area contributed by atoms with Crippen molar-refractivity contribution in [1.82, 2.24) is 9.55 Å². The summed E-state index contributed by atoms with van der Waals surface area (Å²) in [6, 6.07) is 64.5. The minimum atomic E-state index is 0.163. The molecule has 2 heteroatoms. The summed E-state index contributed by atoms with van der Waals surface area (Å²) in [6.45, 7) is 2.17. The number of rotatable bonds is 6. The third kappa shape index (κ3) is 4.99. The zero-order valence-corrected chi connectivity index (χ0v) is 29.0. The fourth-order valence-corrected chi connectivity index (χ4v) is 8.52. The molecule has 9 aromatic rings. The smallest absolute Gasteiger partial charge is 0.0541 e. The number of aryl methyl sites for hydroxylation is 1. The number of hydrogen-bond donors (Lipinski definition) is 0. The van der Waals surface area contributed by atoms with Gasteiger partial charge in [0.1, 0.15) is 0 Å². The van der Waals surface area contributed by atoms with Crippen LogP contribution in [-0.2, 0) is 6.42 Å². The van der Waals surface area contributed by atoms with Gasteiger partial charge in [0.05, 0.1) is 16.7 Å². The van der Waals surface area contributed by atoms with E-state index in [2.05, 4.69) is 181 Å². The number of benzene rings is 7. The molecule has 1 unspecified atom stereocenters. The molecule has 0 spiro atoms. The number of hydrogen-bond acceptors (Lipinski definition) is 1. The maximum absolute atomic E-state index is 4.88. The summed E-state index contributed by atoms with van der Waals surface area (Å²) >= 11 is 0. The van der Waals surface area contributed by atoms with E-state index in [0.29, 0.717) is 0 Å². The number of aromatic nitrogens is 2. The van der Waals surface area contributed by atoms with Crippen molar-refractivity contribution in [3.8, 4) is 39.1 Å². The number of fused-ring (bicyclic) bond motifs is 6. The summed E-state index contributed by atoms with van der Waals surface area (Å²) < 4.78 is 2.44. The lowest BCUT2D eigenvalue weighted by Crippen LogP contribution is -2.02. The quantitative estimate of drug-likeness (QED) is 0.173. The summed E-state index contributed by atoms with van der Waals surface area (Å²) in [6.07, 6.45) is 2.68. The van der Waals surface area contributed by atoms with Gasteiger partial charge < -0.3 is 4.57 Å². The molecule has 10 rings (SSSR count). The van der Waals surface area contributed by atoms with Crippen LogP contribution >= 0.6 is 0 Å². The van der Waals surface area contributed by atoms with E-state index in [1.54, 1.807) is 0 Å². The van der Waals surface area contributed by atoms with Crippen LogP contribution in [0.1, 0.15) is 39.4 Å². The lowest BCUT2D eigenvalue weighted by molar-refractivity contribution is 1.01. The Bertz CT molecular complexity index is 2790. The number of nitrogens with zero attached hydrogens (tertiary/aromatic N) is 2. The van der Waals surface area contributed by atoms with Gasteiger partial charge in [0, 0.05) is 40.6 Å². The number of para-hydroxylation sites is 1. The van der Waals surface area contributed by atoms with Crippen molar-refractivity contribution in [2.75, 3.05) is 0 Å². The first-order chi connectivity index (χ1) is 25.7. The lowest BCUT2D eigenvalue weighted by Gasteiger charge is -2.17. The van der Waals surface area contributed by atoms with Gasteiger partial charge in [0.25, 0.3) is 0 Å². The Kier molecular flexibility index (Phi) is 7.21. The third-order valence-electron chi connectivity index (χ3n) is 10.9. The second kappa shape index (κ2) is 12.4. The van der Waals surface area contributed by atoms with E-state index in [1.165, 1.54) is 88.7 Å². The molecule has 1 aliphatic carbocycles. The highest BCUT2D eigenvalue weighted by molar-refractivity contribution is 6.09. The second-order valence-electron chi connectivity index (χ2n) is 14.0. The first-order valence-corrected chi connectivity index (χ1v) is 18.1. The van der Waals surface area contributed by atoms with Crippen LogP contribution in [0.15, 0.2) is 182 Å². The molecule has 2 aromatic heterocycles. The fraction of sp³-hybridized carbons (Fsp3) is 0.0600. The molecule has 0 aliphatic heterocycles. The van der Waals surface area contributed by atoms with Crippen molar-refractivity contribution in [3.05, 3.63) is 216 Å². The second-order valence-corrected chi connectivity index (χ2v) is 14.0. The summed E-state index contributed by atoms with van der Waals surface area (Å²) in [4.78, 5) is 4.88. The molecule has 2 nitrogen and oxygen atoms in total. The molecule has 0 N–H and O–H groups in total. The van der Waals surface area contributed by atoms with Gasteiger partial charge in [-0.2, -0.15) is 0 Å². The van der Waals surface area contributed by atoms with Crippen LogP contribution in [-0.4, -0.2) is 9.55 Å². The van der Waals surface area contributed by atoms with E-state index in [1.807, 2.05) is 12.3 Å². The average molecular weight is 665 g/mol. The number of pyridine rings is 1. The van der Waals surface area contributed by atoms with Gasteiger partial charge in [0.2, 0.25) is 0 Å². The van der Waals surface area contributed by atoms with E-state index in [9.17, 15) is 0 Å². The summed E-state index contributed by atoms with van der Waals surface area (Å²) in [5.41, 5.74) is 18.8. The normalized spacial score (nSPS) is 13.4. The molecule has 0 amide bonds. The highest BCUT2D eigenvalue weighted by Crippen LogP contribution is 2.49. The highest BCUT2D eigenvalue weighted by Gasteiger charge is 2.30. The predicted molar refractivity (Wildman–Crippen MR) is 216 cm³/mol. The molecule has 7 aromatic carbocycles. The summed E-state index contributed by atoms with van der Waals surface area (Å²) in [5.74, 6) is 0.163. The molecule has 0 radical (unpaired) electrons. The highest BCUT2D eigenvalue weighted by atomic mass is 15.0. The Morgan fingerprint density at radius 3 is 2.15 bits per heavy atom. The van der Waals surface area contributed by atoms with Gasteiger partial charge >= 0.3 is 0 Å². The fourth-order valence-electron chi connectivity index (χ4n) is 8.52. The van der Waals surface area contributed by atoms with Crippen molar-refractivity contribution in [2.45, 2.75) is 19.3 Å². The SMILES string of the molecule is Cc1ccccc1-c1cccnc1Cc1ccc2c(c1)c1ccccc1n2-c1cccc(C2c3ccccc3-c3cc(-c4ccccc4)ccc32)c1. The molecular formula is C50H36N2. The molecule has 246 valence electrons. The molecule has 0 bridgehead atoms. The van der Waals surface area contributed by atoms with Crippen LogP contribution in [0.25, 0.3) is 60.9 Å². The van der Waals surface area contributed by atoms with Gasteiger partial charge in [-0.3, -0.25) is 4.98 Å². The molecule has 0 saturated heterocycles. The minimum Gasteiger partial charge on any atom is -0.309 e. The van der Waals surface area contributed by atoms with Gasteiger partial charge in [-0.15, -0.1) is 0 Å². The molecule has 52 heavy (non-hydrogen) atoms. The largest absolute Gasteiger partial charge is 0.309 e. The maximum Gasteiger partial charge on any atom is 0.0541 e. The van der Waals surface area contributed by atoms with Gasteiger partial charge in [-0.1, -0.05) is 133 Å². The monoisotopic (exact) mass is 664 g/mol. The Labute approximate surface area is 304 Å². The predicted octanol–water partition coefficient (Wildman–Crippen LogP) is 12.6. The molecular weight excluding hydrogens is 629 g/mol. The van der Waals surface area contributed by atoms with E-state index >= 15 is 0 Å². The molecule has 0 fully saturated rings. The van der Waals surface area contributed by atoms with E-state index in [4.69, 9.17) is 4.98 Å². The van der Waals surface area contributed by atoms with Crippen LogP contribution in [0.5, 0.6) is 0 Å². The first kappa shape index (κ1) is 30.3. The zero-order chi connectivity index (χ0) is 34.6. The summed E-state index contributed by atoms with van der Waals surface area (Å²) in [7, 11) is 0. The Hall–Kier alpha value is -6.51. The van der Waals surface area contributed by atoms with Gasteiger partial charge in [0.15, 0.2) is 0 Å². The lowest BCUT2D eigenvalue weighted by atomic mass is 9.88. The summed E-state index contributed by atoms with van der Waals surface area (Å²) in [5, 5.41) is 2.52. The standard InChI is InChI=1S/C50H36N2/c1-33-13-5-6-18-39(33)41-22-12-28-51-47(41)30-34-24-27-49-46(29-34)42-20-9-10-23-48(42)52(49)38-17-11-16-37(31-38)50-43-21-8-7-19-40(43)45-32-36(25-26-44(45)50)35-14-3-2-4-15-35/h2-29,31-32,50H,30H2,1H3. The molecule has 1 atom stereocenters. The van der Waals surface area contributed by atoms with Gasteiger partial charge in [-0.25, -0.2) is 0 Å². The van der Waals surface area contributed by atoms with E-state index < -0.39 is 0 Å². The van der Waals surface area contributed by atoms with Crippen molar-refractivity contribution < 1.29 is 0 Å². The van der Waals surface area contributed by atoms with E-state index in [0.717, 1.165) is 12.1 Å². The Morgan fingerprint density at radius 2 is 1.25 bits per heavy atom. The minimum absolute atomic E-state index is 0.163. The van der Waals surface area contributed by atoms with E-state index in [-0.39, 0.29) is 5.92 Å². The zero-order valence-electron chi connectivity index (χ0n) is 29.0. The molecule has 1 aliphatic rings. The first-order valence-electron chi connectivity index (χ1n) is 18.1. The molecule has 2 heterocycles. The van der Waals surface area contributed by atoms with Crippen LogP contribution in [0.4, 0.5) is 0 Å². The maximum atomic E-state index is 4.88.